The molecule has 2 aliphatic heterocycles. The average molecular weight is 526 g/mol. The molecule has 2 aliphatic rings. The number of rotatable bonds is 6. The molecule has 0 atom stereocenters. The number of H-pyrrole nitrogens is 1. The number of aliphatic imine (C=N–C) groups is 2. The second-order valence-electron chi connectivity index (χ2n) is 8.77. The Balaban J connectivity index is 1.53. The van der Waals surface area contributed by atoms with E-state index in [4.69, 9.17) is 15.2 Å². The van der Waals surface area contributed by atoms with Crippen LogP contribution in [0.25, 0.3) is 11.4 Å². The molecule has 0 fully saturated rings. The van der Waals surface area contributed by atoms with E-state index in [0.717, 1.165) is 0 Å². The molecule has 2 amide bonds. The van der Waals surface area contributed by atoms with Crippen LogP contribution >= 0.6 is 0 Å². The molecule has 5 N–H and O–H groups in total. The molecule has 0 radical (unpaired) electrons. The Bertz CT molecular complexity index is 1600. The van der Waals surface area contributed by atoms with Crippen molar-refractivity contribution in [3.63, 3.8) is 0 Å². The van der Waals surface area contributed by atoms with E-state index in [1.54, 1.807) is 50.8 Å². The van der Waals surface area contributed by atoms with E-state index in [-0.39, 0.29) is 59.7 Å². The number of aromatic nitrogens is 2. The van der Waals surface area contributed by atoms with Crippen LogP contribution in [-0.4, -0.2) is 59.2 Å². The minimum Gasteiger partial charge on any atom is -0.437 e. The van der Waals surface area contributed by atoms with Gasteiger partial charge in [-0.05, 0) is 35.9 Å². The standard InChI is InChI=1S/C26H23N9O4/c1-35(2)21(37)10-15-7-16(23-29-5-6-30-23)11-17(8-15)38-25-22-24(31-13-20(36)32-22)33-26(34-25)39-19-9-14(12-27)3-4-18(19)28/h3-9,11H,10,13,28H2,1-2H3,(H,29,30)(H,32,36)(H,31,33,34). The van der Waals surface area contributed by atoms with Gasteiger partial charge in [0.15, 0.2) is 11.6 Å². The summed E-state index contributed by atoms with van der Waals surface area (Å²) in [5.41, 5.74) is 8.24. The summed E-state index contributed by atoms with van der Waals surface area (Å²) in [5.74, 6) is 0.943. The maximum Gasteiger partial charge on any atom is 0.304 e. The first-order valence-electron chi connectivity index (χ1n) is 11.7. The van der Waals surface area contributed by atoms with E-state index >= 15 is 0 Å². The fraction of sp³-hybridized carbons (Fsp3) is 0.154. The molecule has 0 bridgehead atoms. The van der Waals surface area contributed by atoms with Crippen LogP contribution in [0.1, 0.15) is 11.1 Å². The minimum atomic E-state index is -0.344. The maximum atomic E-state index is 12.4. The van der Waals surface area contributed by atoms with Crippen LogP contribution < -0.4 is 25.8 Å². The lowest BCUT2D eigenvalue weighted by atomic mass is 10.1. The average Bonchev–Trinajstić information content (AvgIpc) is 3.45. The Kier molecular flexibility index (Phi) is 6.66. The number of anilines is 1. The Hall–Kier alpha value is -5.64. The van der Waals surface area contributed by atoms with Gasteiger partial charge < -0.3 is 30.4 Å². The summed E-state index contributed by atoms with van der Waals surface area (Å²) in [6.07, 6.45) is 3.43. The number of fused-ring (bicyclic) bond motifs is 1. The quantitative estimate of drug-likeness (QED) is 0.347. The predicted molar refractivity (Wildman–Crippen MR) is 141 cm³/mol. The molecule has 3 aromatic rings. The number of nitrogens with one attached hydrogen (secondary N) is 3. The molecule has 13 heteroatoms. The highest BCUT2D eigenvalue weighted by Crippen LogP contribution is 2.28. The van der Waals surface area contributed by atoms with Gasteiger partial charge in [0.1, 0.15) is 23.8 Å². The lowest BCUT2D eigenvalue weighted by molar-refractivity contribution is -0.128. The number of nitrogens with zero attached hydrogens (tertiary/aromatic N) is 5. The van der Waals surface area contributed by atoms with Crippen LogP contribution in [0.4, 0.5) is 5.69 Å². The van der Waals surface area contributed by atoms with Gasteiger partial charge in [-0.15, -0.1) is 0 Å². The highest BCUT2D eigenvalue weighted by molar-refractivity contribution is 6.13. The van der Waals surface area contributed by atoms with Crippen molar-refractivity contribution in [1.82, 2.24) is 25.5 Å². The van der Waals surface area contributed by atoms with Crippen molar-refractivity contribution >= 4 is 29.4 Å². The molecular weight excluding hydrogens is 502 g/mol. The number of hydrogen-bond acceptors (Lipinski definition) is 10. The van der Waals surface area contributed by atoms with Gasteiger partial charge in [-0.3, -0.25) is 19.9 Å². The number of nitrogens with two attached hydrogens (primary N) is 1. The molecule has 5 rings (SSSR count). The smallest absolute Gasteiger partial charge is 0.304 e. The Labute approximate surface area is 222 Å². The van der Waals surface area contributed by atoms with Crippen molar-refractivity contribution in [2.45, 2.75) is 6.42 Å². The lowest BCUT2D eigenvalue weighted by Gasteiger charge is -2.25. The van der Waals surface area contributed by atoms with Crippen LogP contribution in [-0.2, 0) is 16.0 Å². The van der Waals surface area contributed by atoms with Crippen LogP contribution in [0.2, 0.25) is 0 Å². The second kappa shape index (κ2) is 10.4. The number of hydrogen-bond donors (Lipinski definition) is 4. The zero-order valence-electron chi connectivity index (χ0n) is 21.0. The van der Waals surface area contributed by atoms with Crippen molar-refractivity contribution in [1.29, 1.82) is 5.26 Å². The van der Waals surface area contributed by atoms with Gasteiger partial charge in [-0.25, -0.2) is 4.98 Å². The normalized spacial score (nSPS) is 14.2. The van der Waals surface area contributed by atoms with Crippen molar-refractivity contribution < 1.29 is 19.1 Å². The summed E-state index contributed by atoms with van der Waals surface area (Å²) in [7, 11) is 3.36. The number of imidazole rings is 1. The summed E-state index contributed by atoms with van der Waals surface area (Å²) in [6.45, 7) is -0.108. The van der Waals surface area contributed by atoms with E-state index in [0.29, 0.717) is 28.3 Å². The van der Waals surface area contributed by atoms with E-state index in [1.165, 1.54) is 11.0 Å². The van der Waals surface area contributed by atoms with Gasteiger partial charge in [0, 0.05) is 38.1 Å². The van der Waals surface area contributed by atoms with Gasteiger partial charge >= 0.3 is 6.02 Å². The van der Waals surface area contributed by atoms with Gasteiger partial charge in [0.25, 0.3) is 5.88 Å². The number of aromatic amines is 1. The number of nitriles is 1. The van der Waals surface area contributed by atoms with E-state index < -0.39 is 0 Å². The zero-order valence-corrected chi connectivity index (χ0v) is 21.0. The fourth-order valence-corrected chi connectivity index (χ4v) is 3.75. The van der Waals surface area contributed by atoms with Crippen molar-refractivity contribution in [2.75, 3.05) is 26.4 Å². The summed E-state index contributed by atoms with van der Waals surface area (Å²) in [6, 6.07) is 11.9. The summed E-state index contributed by atoms with van der Waals surface area (Å²) in [5, 5.41) is 14.9. The number of benzene rings is 2. The van der Waals surface area contributed by atoms with Crippen LogP contribution in [0.3, 0.4) is 0 Å². The third kappa shape index (κ3) is 5.54. The molecule has 0 saturated carbocycles. The van der Waals surface area contributed by atoms with Crippen LogP contribution in [0.15, 0.2) is 70.4 Å². The third-order valence-corrected chi connectivity index (χ3v) is 5.68. The topological polar surface area (TPSA) is 183 Å². The third-order valence-electron chi connectivity index (χ3n) is 5.68. The van der Waals surface area contributed by atoms with E-state index in [2.05, 4.69) is 30.6 Å². The molecule has 0 saturated heterocycles. The number of amidine groups is 2. The molecule has 196 valence electrons. The zero-order chi connectivity index (χ0) is 27.5. The van der Waals surface area contributed by atoms with Crippen molar-refractivity contribution in [2.24, 2.45) is 9.98 Å². The van der Waals surface area contributed by atoms with Gasteiger partial charge in [-0.1, -0.05) is 0 Å². The number of carbonyl (C=O) groups is 2. The SMILES string of the molecule is CN(C)C(=O)Cc1cc(OC2=C3NC(=O)CN=C3NC(Oc3cc(C#N)ccc3N)=N2)cc(-c2ncc[nH]2)c1. The number of nitrogen functional groups attached to an aromatic ring is 1. The largest absolute Gasteiger partial charge is 0.437 e. The lowest BCUT2D eigenvalue weighted by Crippen LogP contribution is -2.48. The molecule has 2 aromatic carbocycles. The summed E-state index contributed by atoms with van der Waals surface area (Å²) in [4.78, 5) is 42.1. The highest BCUT2D eigenvalue weighted by Gasteiger charge is 2.29. The predicted octanol–water partition coefficient (Wildman–Crippen LogP) is 1.28. The molecule has 0 spiro atoms. The van der Waals surface area contributed by atoms with Crippen LogP contribution in [0.5, 0.6) is 11.5 Å². The van der Waals surface area contributed by atoms with E-state index in [9.17, 15) is 14.9 Å². The van der Waals surface area contributed by atoms with Gasteiger partial charge in [0.05, 0.1) is 23.7 Å². The number of likely N-dealkylation sites (N-methyl/N-ethyl adjacent to an activating group) is 1. The first-order chi connectivity index (χ1) is 18.8. The minimum absolute atomic E-state index is 0.00737. The monoisotopic (exact) mass is 525 g/mol. The maximum absolute atomic E-state index is 12.4. The Morgan fingerprint density at radius 2 is 2.03 bits per heavy atom. The fourth-order valence-electron chi connectivity index (χ4n) is 3.75. The molecule has 0 aliphatic carbocycles. The number of amides is 2. The molecule has 3 heterocycles. The number of ether oxygens (including phenoxy) is 2. The molecule has 39 heavy (non-hydrogen) atoms. The van der Waals surface area contributed by atoms with Gasteiger partial charge in [-0.2, -0.15) is 10.3 Å². The Morgan fingerprint density at radius 1 is 1.18 bits per heavy atom. The molecule has 1 aromatic heterocycles. The molecular formula is C26H23N9O4. The van der Waals surface area contributed by atoms with Crippen molar-refractivity contribution in [3.05, 3.63) is 71.5 Å². The van der Waals surface area contributed by atoms with Crippen molar-refractivity contribution in [3.8, 4) is 29.0 Å². The molecule has 13 nitrogen and oxygen atoms in total. The van der Waals surface area contributed by atoms with Gasteiger partial charge in [0.2, 0.25) is 11.8 Å². The molecule has 0 unspecified atom stereocenters. The van der Waals surface area contributed by atoms with Crippen LogP contribution in [0, 0.1) is 11.3 Å². The summed E-state index contributed by atoms with van der Waals surface area (Å²) < 4.78 is 12.0. The Morgan fingerprint density at radius 3 is 2.77 bits per heavy atom. The highest BCUT2D eigenvalue weighted by atomic mass is 16.5. The second-order valence-corrected chi connectivity index (χ2v) is 8.77. The summed E-state index contributed by atoms with van der Waals surface area (Å²) >= 11 is 0. The number of carbonyl (C=O) groups excluding carboxylic acids is 2. The first-order valence-corrected chi connectivity index (χ1v) is 11.7. The van der Waals surface area contributed by atoms with E-state index in [1.807, 2.05) is 12.1 Å². The first kappa shape index (κ1) is 25.0.